The summed E-state index contributed by atoms with van der Waals surface area (Å²) in [5.41, 5.74) is 7.28. The fraction of sp³-hybridized carbons (Fsp3) is 0.278. The Kier molecular flexibility index (Phi) is 7.48. The third-order valence-corrected chi connectivity index (χ3v) is 3.85. The lowest BCUT2D eigenvalue weighted by Crippen LogP contribution is -2.23. The van der Waals surface area contributed by atoms with Crippen LogP contribution in [0.5, 0.6) is 17.2 Å². The summed E-state index contributed by atoms with van der Waals surface area (Å²) >= 11 is 6.05. The molecule has 0 aliphatic rings. The van der Waals surface area contributed by atoms with Crippen molar-refractivity contribution in [2.75, 3.05) is 26.1 Å². The van der Waals surface area contributed by atoms with Crippen molar-refractivity contribution in [1.29, 1.82) is 0 Å². The number of anilines is 1. The maximum atomic E-state index is 12.5. The Morgan fingerprint density at radius 3 is 2.44 bits per heavy atom. The Hall–Kier alpha value is -2.74. The Morgan fingerprint density at radius 1 is 1.11 bits per heavy atom. The van der Waals surface area contributed by atoms with Gasteiger partial charge in [-0.3, -0.25) is 4.99 Å². The van der Waals surface area contributed by atoms with E-state index in [1.807, 2.05) is 0 Å². The average molecular weight is 400 g/mol. The van der Waals surface area contributed by atoms with Crippen LogP contribution < -0.4 is 25.3 Å². The van der Waals surface area contributed by atoms with Crippen LogP contribution >= 0.6 is 11.6 Å². The highest BCUT2D eigenvalue weighted by molar-refractivity contribution is 6.32. The van der Waals surface area contributed by atoms with E-state index < -0.39 is 6.61 Å². The van der Waals surface area contributed by atoms with E-state index in [1.54, 1.807) is 30.3 Å². The van der Waals surface area contributed by atoms with Gasteiger partial charge in [-0.2, -0.15) is 8.78 Å². The zero-order valence-corrected chi connectivity index (χ0v) is 15.6. The van der Waals surface area contributed by atoms with Crippen LogP contribution in [0.4, 0.5) is 14.5 Å². The molecule has 0 unspecified atom stereocenters. The van der Waals surface area contributed by atoms with Crippen molar-refractivity contribution >= 4 is 23.2 Å². The molecule has 0 heterocycles. The highest BCUT2D eigenvalue weighted by Crippen LogP contribution is 2.30. The van der Waals surface area contributed by atoms with Crippen LogP contribution in [0.3, 0.4) is 0 Å². The molecule has 2 aromatic carbocycles. The van der Waals surface area contributed by atoms with Crippen LogP contribution in [0.15, 0.2) is 41.4 Å². The smallest absolute Gasteiger partial charge is 0.387 e. The number of hydrogen-bond donors (Lipinski definition) is 2. The fourth-order valence-electron chi connectivity index (χ4n) is 2.30. The summed E-state index contributed by atoms with van der Waals surface area (Å²) in [6.07, 6.45) is 0.481. The van der Waals surface area contributed by atoms with E-state index >= 15 is 0 Å². The second-order valence-corrected chi connectivity index (χ2v) is 5.76. The fourth-order valence-corrected chi connectivity index (χ4v) is 2.56. The largest absolute Gasteiger partial charge is 0.495 e. The minimum Gasteiger partial charge on any atom is -0.495 e. The molecule has 0 amide bonds. The van der Waals surface area contributed by atoms with Crippen molar-refractivity contribution in [1.82, 2.24) is 0 Å². The quantitative estimate of drug-likeness (QED) is 0.519. The monoisotopic (exact) mass is 399 g/mol. The summed E-state index contributed by atoms with van der Waals surface area (Å²) in [4.78, 5) is 4.21. The number of benzene rings is 2. The van der Waals surface area contributed by atoms with Gasteiger partial charge >= 0.3 is 6.61 Å². The summed E-state index contributed by atoms with van der Waals surface area (Å²) in [5.74, 6) is 0.973. The van der Waals surface area contributed by atoms with Gasteiger partial charge in [-0.05, 0) is 42.3 Å². The van der Waals surface area contributed by atoms with Gasteiger partial charge in [-0.15, -0.1) is 0 Å². The van der Waals surface area contributed by atoms with Gasteiger partial charge in [0.1, 0.15) is 5.75 Å². The van der Waals surface area contributed by atoms with Crippen LogP contribution in [0.25, 0.3) is 0 Å². The number of halogens is 3. The minimum absolute atomic E-state index is 0.0204. The molecule has 0 fully saturated rings. The zero-order chi connectivity index (χ0) is 19.8. The predicted octanol–water partition coefficient (Wildman–Crippen LogP) is 3.93. The first kappa shape index (κ1) is 20.6. The molecule has 0 saturated carbocycles. The van der Waals surface area contributed by atoms with Crippen molar-refractivity contribution in [2.24, 2.45) is 10.7 Å². The van der Waals surface area contributed by atoms with Gasteiger partial charge in [-0.25, -0.2) is 0 Å². The number of hydrogen-bond acceptors (Lipinski definition) is 4. The molecule has 0 saturated heterocycles. The third-order valence-electron chi connectivity index (χ3n) is 3.55. The number of rotatable bonds is 8. The first-order chi connectivity index (χ1) is 12.9. The maximum Gasteiger partial charge on any atom is 0.387 e. The molecule has 6 nitrogen and oxygen atoms in total. The van der Waals surface area contributed by atoms with Gasteiger partial charge in [0.25, 0.3) is 0 Å². The van der Waals surface area contributed by atoms with Gasteiger partial charge in [0.15, 0.2) is 17.5 Å². The number of ether oxygens (including phenoxy) is 3. The lowest BCUT2D eigenvalue weighted by atomic mass is 10.1. The lowest BCUT2D eigenvalue weighted by molar-refractivity contribution is -0.0512. The third kappa shape index (κ3) is 6.18. The number of alkyl halides is 2. The summed E-state index contributed by atoms with van der Waals surface area (Å²) in [6, 6.07) is 9.94. The molecule has 2 rings (SSSR count). The zero-order valence-electron chi connectivity index (χ0n) is 14.8. The van der Waals surface area contributed by atoms with Crippen LogP contribution in [0.2, 0.25) is 5.02 Å². The van der Waals surface area contributed by atoms with Gasteiger partial charge in [0.05, 0.1) is 19.2 Å². The van der Waals surface area contributed by atoms with Crippen LogP contribution in [0.1, 0.15) is 5.56 Å². The standard InChI is InChI=1S/C18H20ClF2N3O3/c1-25-14-6-4-12(10-13(14)19)24-18(22)23-8-7-11-3-5-15(26-2)16(9-11)27-17(20)21/h3-6,9-10,17H,7-8H2,1-2H3,(H3,22,23,24). The molecule has 0 atom stereocenters. The van der Waals surface area contributed by atoms with E-state index in [-0.39, 0.29) is 17.5 Å². The van der Waals surface area contributed by atoms with E-state index in [4.69, 9.17) is 26.8 Å². The van der Waals surface area contributed by atoms with Gasteiger partial charge in [0.2, 0.25) is 0 Å². The molecule has 0 aliphatic heterocycles. The van der Waals surface area contributed by atoms with E-state index in [9.17, 15) is 8.78 Å². The molecule has 27 heavy (non-hydrogen) atoms. The number of nitrogens with zero attached hydrogens (tertiary/aromatic N) is 1. The molecule has 0 radical (unpaired) electrons. The Morgan fingerprint density at radius 2 is 1.81 bits per heavy atom. The van der Waals surface area contributed by atoms with E-state index in [1.165, 1.54) is 20.3 Å². The van der Waals surface area contributed by atoms with Crippen LogP contribution in [-0.2, 0) is 6.42 Å². The van der Waals surface area contributed by atoms with Crippen LogP contribution in [0, 0.1) is 0 Å². The Balaban J connectivity index is 1.96. The van der Waals surface area contributed by atoms with E-state index in [0.717, 1.165) is 5.56 Å². The van der Waals surface area contributed by atoms with Crippen molar-refractivity contribution in [2.45, 2.75) is 13.0 Å². The Labute approximate surface area is 160 Å². The van der Waals surface area contributed by atoms with Gasteiger partial charge in [-0.1, -0.05) is 17.7 Å². The molecule has 0 bridgehead atoms. The van der Waals surface area contributed by atoms with Gasteiger partial charge < -0.3 is 25.3 Å². The minimum atomic E-state index is -2.93. The molecular formula is C18H20ClF2N3O3. The molecule has 0 aliphatic carbocycles. The number of nitrogens with two attached hydrogens (primary N) is 1. The second-order valence-electron chi connectivity index (χ2n) is 5.36. The molecular weight excluding hydrogens is 380 g/mol. The normalized spacial score (nSPS) is 11.4. The molecule has 2 aromatic rings. The second kappa shape index (κ2) is 9.82. The van der Waals surface area contributed by atoms with Crippen molar-refractivity contribution in [3.63, 3.8) is 0 Å². The summed E-state index contributed by atoms with van der Waals surface area (Å²) in [5, 5.41) is 3.36. The van der Waals surface area contributed by atoms with Crippen LogP contribution in [-0.4, -0.2) is 33.3 Å². The number of aliphatic imine (C=N–C) groups is 1. The maximum absolute atomic E-state index is 12.5. The molecule has 9 heteroatoms. The SMILES string of the molecule is COc1ccc(NC(N)=NCCc2ccc(OC)c(OC(F)F)c2)cc1Cl. The predicted molar refractivity (Wildman–Crippen MR) is 101 cm³/mol. The van der Waals surface area contributed by atoms with Gasteiger partial charge in [0, 0.05) is 12.2 Å². The van der Waals surface area contributed by atoms with Crippen molar-refractivity contribution < 1.29 is 23.0 Å². The Bertz CT molecular complexity index is 803. The van der Waals surface area contributed by atoms with Crippen molar-refractivity contribution in [3.8, 4) is 17.2 Å². The first-order valence-corrected chi connectivity index (χ1v) is 8.33. The number of methoxy groups -OCH3 is 2. The highest BCUT2D eigenvalue weighted by Gasteiger charge is 2.11. The first-order valence-electron chi connectivity index (χ1n) is 7.95. The summed E-state index contributed by atoms with van der Waals surface area (Å²) < 4.78 is 39.5. The summed E-state index contributed by atoms with van der Waals surface area (Å²) in [6.45, 7) is -2.58. The number of guanidine groups is 1. The lowest BCUT2D eigenvalue weighted by Gasteiger charge is -2.11. The molecule has 146 valence electrons. The average Bonchev–Trinajstić information content (AvgIpc) is 2.61. The number of nitrogens with one attached hydrogen (secondary N) is 1. The van der Waals surface area contributed by atoms with E-state index in [0.29, 0.717) is 29.4 Å². The van der Waals surface area contributed by atoms with Crippen molar-refractivity contribution in [3.05, 3.63) is 47.0 Å². The topological polar surface area (TPSA) is 78.1 Å². The molecule has 3 N–H and O–H groups in total. The summed E-state index contributed by atoms with van der Waals surface area (Å²) in [7, 11) is 2.91. The molecule has 0 aromatic heterocycles. The molecule has 0 spiro atoms. The van der Waals surface area contributed by atoms with E-state index in [2.05, 4.69) is 15.0 Å². The highest BCUT2D eigenvalue weighted by atomic mass is 35.5.